The molecule has 2 aromatic carbocycles. The average Bonchev–Trinajstić information content (AvgIpc) is 2.64. The van der Waals surface area contributed by atoms with Crippen LogP contribution < -0.4 is 10.9 Å². The summed E-state index contributed by atoms with van der Waals surface area (Å²) in [7, 11) is 0. The van der Waals surface area contributed by atoms with E-state index in [9.17, 15) is 9.59 Å². The van der Waals surface area contributed by atoms with Crippen LogP contribution in [-0.2, 0) is 11.3 Å². The highest BCUT2D eigenvalue weighted by Crippen LogP contribution is 2.25. The Bertz CT molecular complexity index is 1080. The molecule has 1 amide bonds. The number of anilines is 1. The van der Waals surface area contributed by atoms with Gasteiger partial charge in [-0.25, -0.2) is 4.98 Å². The number of nitrogens with one attached hydrogen (secondary N) is 1. The molecule has 0 aliphatic carbocycles. The molecule has 0 unspecified atom stereocenters. The van der Waals surface area contributed by atoms with E-state index in [1.54, 1.807) is 29.7 Å². The molecule has 1 aromatic heterocycles. The van der Waals surface area contributed by atoms with Gasteiger partial charge in [0.2, 0.25) is 5.91 Å². The Kier molecular flexibility index (Phi) is 6.42. The summed E-state index contributed by atoms with van der Waals surface area (Å²) >= 11 is 7.34. The molecule has 0 radical (unpaired) electrons. The van der Waals surface area contributed by atoms with Gasteiger partial charge < -0.3 is 5.32 Å². The summed E-state index contributed by atoms with van der Waals surface area (Å²) in [6.07, 6.45) is 0.790. The van der Waals surface area contributed by atoms with Gasteiger partial charge in [0.15, 0.2) is 5.16 Å². The van der Waals surface area contributed by atoms with Crippen LogP contribution in [0.2, 0.25) is 5.02 Å². The van der Waals surface area contributed by atoms with Crippen LogP contribution >= 0.6 is 23.4 Å². The summed E-state index contributed by atoms with van der Waals surface area (Å²) in [6.45, 7) is 6.32. The molecule has 0 bridgehead atoms. The molecule has 0 fully saturated rings. The Labute approximate surface area is 173 Å². The second-order valence-corrected chi connectivity index (χ2v) is 8.38. The standard InChI is InChI=1S/C21H22ClN3O2S/c1-4-10-25-20(27)17-9-8-15(22)12-18(17)24-21(25)28-14(3)19(26)23-16-7-5-6-13(2)11-16/h5-9,11-12,14H,4,10H2,1-3H3,(H,23,26)/t14-/m1/s1. The zero-order chi connectivity index (χ0) is 20.3. The predicted octanol–water partition coefficient (Wildman–Crippen LogP) is 4.89. The number of aromatic nitrogens is 2. The van der Waals surface area contributed by atoms with Crippen LogP contribution in [0.15, 0.2) is 52.4 Å². The second-order valence-electron chi connectivity index (χ2n) is 6.63. The number of thioether (sulfide) groups is 1. The number of aryl methyl sites for hydroxylation is 1. The molecule has 0 saturated heterocycles. The lowest BCUT2D eigenvalue weighted by Gasteiger charge is -2.16. The lowest BCUT2D eigenvalue weighted by Crippen LogP contribution is -2.27. The Hall–Kier alpha value is -2.31. The van der Waals surface area contributed by atoms with Crippen molar-refractivity contribution in [3.8, 4) is 0 Å². The van der Waals surface area contributed by atoms with Crippen LogP contribution in [0, 0.1) is 6.92 Å². The number of amides is 1. The zero-order valence-corrected chi connectivity index (χ0v) is 17.6. The summed E-state index contributed by atoms with van der Waals surface area (Å²) in [5, 5.41) is 4.07. The monoisotopic (exact) mass is 415 g/mol. The van der Waals surface area contributed by atoms with Crippen molar-refractivity contribution < 1.29 is 4.79 Å². The lowest BCUT2D eigenvalue weighted by molar-refractivity contribution is -0.115. The number of nitrogens with zero attached hydrogens (tertiary/aromatic N) is 2. The van der Waals surface area contributed by atoms with E-state index in [4.69, 9.17) is 11.6 Å². The molecule has 0 spiro atoms. The van der Waals surface area contributed by atoms with Crippen molar-refractivity contribution in [3.63, 3.8) is 0 Å². The predicted molar refractivity (Wildman–Crippen MR) is 116 cm³/mol. The summed E-state index contributed by atoms with van der Waals surface area (Å²) < 4.78 is 1.64. The van der Waals surface area contributed by atoms with Gasteiger partial charge >= 0.3 is 0 Å². The first-order chi connectivity index (χ1) is 13.4. The van der Waals surface area contributed by atoms with Crippen molar-refractivity contribution in [2.75, 3.05) is 5.32 Å². The molecule has 1 heterocycles. The number of carbonyl (C=O) groups is 1. The molecule has 3 aromatic rings. The minimum absolute atomic E-state index is 0.114. The third-order valence-electron chi connectivity index (χ3n) is 4.27. The first-order valence-corrected chi connectivity index (χ1v) is 10.4. The molecule has 0 aliphatic heterocycles. The fourth-order valence-corrected chi connectivity index (χ4v) is 3.96. The topological polar surface area (TPSA) is 64.0 Å². The second kappa shape index (κ2) is 8.80. The molecule has 5 nitrogen and oxygen atoms in total. The normalized spacial score (nSPS) is 12.1. The van der Waals surface area contributed by atoms with Gasteiger partial charge in [0.05, 0.1) is 16.2 Å². The maximum Gasteiger partial charge on any atom is 0.262 e. The highest BCUT2D eigenvalue weighted by molar-refractivity contribution is 8.00. The number of benzene rings is 2. The van der Waals surface area contributed by atoms with Crippen molar-refractivity contribution in [2.45, 2.75) is 44.1 Å². The van der Waals surface area contributed by atoms with Gasteiger partial charge in [-0.15, -0.1) is 0 Å². The average molecular weight is 416 g/mol. The minimum Gasteiger partial charge on any atom is -0.325 e. The number of rotatable bonds is 6. The van der Waals surface area contributed by atoms with E-state index in [1.165, 1.54) is 11.8 Å². The summed E-state index contributed by atoms with van der Waals surface area (Å²) in [5.41, 5.74) is 2.25. The quantitative estimate of drug-likeness (QED) is 0.460. The number of halogens is 1. The van der Waals surface area contributed by atoms with E-state index in [0.717, 1.165) is 17.7 Å². The first-order valence-electron chi connectivity index (χ1n) is 9.13. The summed E-state index contributed by atoms with van der Waals surface area (Å²) in [6, 6.07) is 12.7. The third-order valence-corrected chi connectivity index (χ3v) is 5.59. The van der Waals surface area contributed by atoms with Crippen LogP contribution in [0.4, 0.5) is 5.69 Å². The van der Waals surface area contributed by atoms with Gasteiger partial charge in [-0.3, -0.25) is 14.2 Å². The molecule has 146 valence electrons. The number of fused-ring (bicyclic) bond motifs is 1. The van der Waals surface area contributed by atoms with E-state index in [1.807, 2.05) is 38.1 Å². The number of hydrogen-bond acceptors (Lipinski definition) is 4. The molecule has 3 rings (SSSR count). The number of carbonyl (C=O) groups excluding carboxylic acids is 1. The Morgan fingerprint density at radius 1 is 1.29 bits per heavy atom. The van der Waals surface area contributed by atoms with Crippen LogP contribution in [-0.4, -0.2) is 20.7 Å². The van der Waals surface area contributed by atoms with Crippen LogP contribution in [0.25, 0.3) is 10.9 Å². The van der Waals surface area contributed by atoms with Gasteiger partial charge in [0, 0.05) is 17.3 Å². The third kappa shape index (κ3) is 4.56. The molecule has 0 saturated carbocycles. The van der Waals surface area contributed by atoms with Gasteiger partial charge in [-0.1, -0.05) is 42.4 Å². The van der Waals surface area contributed by atoms with Crippen molar-refractivity contribution in [3.05, 3.63) is 63.4 Å². The fourth-order valence-electron chi connectivity index (χ4n) is 2.86. The molecular formula is C21H22ClN3O2S. The Balaban J connectivity index is 1.90. The van der Waals surface area contributed by atoms with Crippen molar-refractivity contribution in [1.82, 2.24) is 9.55 Å². The highest BCUT2D eigenvalue weighted by Gasteiger charge is 2.19. The minimum atomic E-state index is -0.424. The lowest BCUT2D eigenvalue weighted by atomic mass is 10.2. The zero-order valence-electron chi connectivity index (χ0n) is 16.0. The molecular weight excluding hydrogens is 394 g/mol. The van der Waals surface area contributed by atoms with Gasteiger partial charge in [0.25, 0.3) is 5.56 Å². The van der Waals surface area contributed by atoms with Gasteiger partial charge in [0.1, 0.15) is 0 Å². The van der Waals surface area contributed by atoms with E-state index in [0.29, 0.717) is 27.6 Å². The first kappa shape index (κ1) is 20.4. The van der Waals surface area contributed by atoms with E-state index < -0.39 is 5.25 Å². The number of hydrogen-bond donors (Lipinski definition) is 1. The molecule has 7 heteroatoms. The van der Waals surface area contributed by atoms with E-state index >= 15 is 0 Å². The van der Waals surface area contributed by atoms with E-state index in [2.05, 4.69) is 10.3 Å². The fraction of sp³-hybridized carbons (Fsp3) is 0.286. The SMILES string of the molecule is CCCn1c(S[C@H](C)C(=O)Nc2cccc(C)c2)nc2cc(Cl)ccc2c1=O. The maximum absolute atomic E-state index is 12.9. The van der Waals surface area contributed by atoms with Crippen molar-refractivity contribution in [2.24, 2.45) is 0 Å². The largest absolute Gasteiger partial charge is 0.325 e. The molecule has 0 aliphatic rings. The molecule has 1 N–H and O–H groups in total. The van der Waals surface area contributed by atoms with Crippen LogP contribution in [0.5, 0.6) is 0 Å². The smallest absolute Gasteiger partial charge is 0.262 e. The highest BCUT2D eigenvalue weighted by atomic mass is 35.5. The Morgan fingerprint density at radius 2 is 2.07 bits per heavy atom. The summed E-state index contributed by atoms with van der Waals surface area (Å²) in [5.74, 6) is -0.140. The van der Waals surface area contributed by atoms with Gasteiger partial charge in [-0.05, 0) is 56.2 Å². The summed E-state index contributed by atoms with van der Waals surface area (Å²) in [4.78, 5) is 30.1. The van der Waals surface area contributed by atoms with Gasteiger partial charge in [-0.2, -0.15) is 0 Å². The van der Waals surface area contributed by atoms with E-state index in [-0.39, 0.29) is 11.5 Å². The van der Waals surface area contributed by atoms with Crippen molar-refractivity contribution in [1.29, 1.82) is 0 Å². The van der Waals surface area contributed by atoms with Crippen LogP contribution in [0.1, 0.15) is 25.8 Å². The Morgan fingerprint density at radius 3 is 2.79 bits per heavy atom. The molecule has 1 atom stereocenters. The molecule has 28 heavy (non-hydrogen) atoms. The van der Waals surface area contributed by atoms with Crippen molar-refractivity contribution >= 4 is 45.9 Å². The van der Waals surface area contributed by atoms with Crippen LogP contribution in [0.3, 0.4) is 0 Å². The maximum atomic E-state index is 12.9.